The molecule has 4 rings (SSSR count). The summed E-state index contributed by atoms with van der Waals surface area (Å²) in [6, 6.07) is 21.3. The topological polar surface area (TPSA) is 114 Å². The predicted octanol–water partition coefficient (Wildman–Crippen LogP) is 4.05. The molecule has 0 aliphatic carbocycles. The summed E-state index contributed by atoms with van der Waals surface area (Å²) in [7, 11) is 0. The minimum absolute atomic E-state index is 0.123. The van der Waals surface area contributed by atoms with Gasteiger partial charge in [-0.3, -0.25) is 4.79 Å². The molecule has 0 fully saturated rings. The van der Waals surface area contributed by atoms with E-state index in [0.717, 1.165) is 17.5 Å². The van der Waals surface area contributed by atoms with Gasteiger partial charge in [0.05, 0.1) is 11.1 Å². The summed E-state index contributed by atoms with van der Waals surface area (Å²) in [5, 5.41) is 24.5. The van der Waals surface area contributed by atoms with Gasteiger partial charge in [-0.15, -0.1) is 0 Å². The van der Waals surface area contributed by atoms with Crippen molar-refractivity contribution in [3.63, 3.8) is 0 Å². The van der Waals surface area contributed by atoms with E-state index in [9.17, 15) is 9.90 Å². The van der Waals surface area contributed by atoms with Crippen molar-refractivity contribution in [1.29, 1.82) is 5.26 Å². The second-order valence-electron chi connectivity index (χ2n) is 6.77. The lowest BCUT2D eigenvalue weighted by atomic mass is 10.1. The predicted molar refractivity (Wildman–Crippen MR) is 116 cm³/mol. The Bertz CT molecular complexity index is 1220. The van der Waals surface area contributed by atoms with Gasteiger partial charge < -0.3 is 20.7 Å². The minimum atomic E-state index is -0.231. The molecule has 7 nitrogen and oxygen atoms in total. The molecule has 148 valence electrons. The van der Waals surface area contributed by atoms with Gasteiger partial charge in [0.25, 0.3) is 5.91 Å². The van der Waals surface area contributed by atoms with Crippen LogP contribution in [0.2, 0.25) is 0 Å². The summed E-state index contributed by atoms with van der Waals surface area (Å²) in [5.41, 5.74) is 4.32. The molecule has 4 aromatic rings. The number of amides is 1. The van der Waals surface area contributed by atoms with Gasteiger partial charge in [-0.2, -0.15) is 5.26 Å². The van der Waals surface area contributed by atoms with Crippen molar-refractivity contribution in [2.75, 3.05) is 17.2 Å². The molecule has 7 heteroatoms. The van der Waals surface area contributed by atoms with Crippen LogP contribution in [0.5, 0.6) is 5.75 Å². The summed E-state index contributed by atoms with van der Waals surface area (Å²) in [6.45, 7) is 0.668. The van der Waals surface area contributed by atoms with Crippen molar-refractivity contribution in [2.45, 2.75) is 6.42 Å². The first-order valence-corrected chi connectivity index (χ1v) is 9.44. The van der Waals surface area contributed by atoms with E-state index in [4.69, 9.17) is 5.26 Å². The van der Waals surface area contributed by atoms with Crippen LogP contribution in [-0.4, -0.2) is 27.5 Å². The second kappa shape index (κ2) is 8.37. The Morgan fingerprint density at radius 1 is 1.07 bits per heavy atom. The first kappa shape index (κ1) is 19.0. The van der Waals surface area contributed by atoms with Crippen LogP contribution in [0.25, 0.3) is 11.0 Å². The Labute approximate surface area is 173 Å². The molecule has 0 aliphatic rings. The summed E-state index contributed by atoms with van der Waals surface area (Å²) >= 11 is 0. The number of hydrogen-bond acceptors (Lipinski definition) is 5. The molecule has 3 aromatic carbocycles. The van der Waals surface area contributed by atoms with Crippen molar-refractivity contribution in [2.24, 2.45) is 0 Å². The fourth-order valence-corrected chi connectivity index (χ4v) is 3.10. The maximum atomic E-state index is 12.2. The molecule has 0 saturated carbocycles. The number of aromatic hydroxyl groups is 1. The van der Waals surface area contributed by atoms with E-state index in [1.54, 1.807) is 18.2 Å². The largest absolute Gasteiger partial charge is 0.508 e. The first-order chi connectivity index (χ1) is 14.6. The first-order valence-electron chi connectivity index (χ1n) is 9.44. The second-order valence-corrected chi connectivity index (χ2v) is 6.77. The molecule has 4 N–H and O–H groups in total. The highest BCUT2D eigenvalue weighted by molar-refractivity contribution is 6.04. The van der Waals surface area contributed by atoms with Crippen LogP contribution in [0.1, 0.15) is 21.5 Å². The quantitative estimate of drug-likeness (QED) is 0.392. The zero-order chi connectivity index (χ0) is 20.9. The van der Waals surface area contributed by atoms with E-state index in [1.165, 1.54) is 12.1 Å². The van der Waals surface area contributed by atoms with Crippen molar-refractivity contribution in [3.05, 3.63) is 83.4 Å². The van der Waals surface area contributed by atoms with Gasteiger partial charge in [-0.05, 0) is 60.5 Å². The Morgan fingerprint density at radius 2 is 1.83 bits per heavy atom. The number of imidazole rings is 1. The number of nitrogens with zero attached hydrogens (tertiary/aromatic N) is 2. The van der Waals surface area contributed by atoms with Crippen LogP contribution in [0.15, 0.2) is 66.7 Å². The zero-order valence-corrected chi connectivity index (χ0v) is 16.0. The third kappa shape index (κ3) is 4.23. The molecule has 1 heterocycles. The van der Waals surface area contributed by atoms with Crippen molar-refractivity contribution in [3.8, 4) is 11.8 Å². The fraction of sp³-hybridized carbons (Fsp3) is 0.0870. The monoisotopic (exact) mass is 397 g/mol. The maximum Gasteiger partial charge on any atom is 0.255 e. The summed E-state index contributed by atoms with van der Waals surface area (Å²) in [4.78, 5) is 19.8. The summed E-state index contributed by atoms with van der Waals surface area (Å²) in [6.07, 6.45) is 0.772. The van der Waals surface area contributed by atoms with Gasteiger partial charge in [0.2, 0.25) is 5.95 Å². The number of hydrogen-bond donors (Lipinski definition) is 4. The van der Waals surface area contributed by atoms with E-state index < -0.39 is 0 Å². The molecule has 0 bridgehead atoms. The molecule has 1 aromatic heterocycles. The van der Waals surface area contributed by atoms with E-state index in [2.05, 4.69) is 26.7 Å². The SMILES string of the molecule is N#Cc1cccc2[nH]c(NCCc3ccc(NC(=O)c4ccc(O)cc4)cc3)nc12. The maximum absolute atomic E-state index is 12.2. The number of carbonyl (C=O) groups is 1. The molecule has 0 radical (unpaired) electrons. The Hall–Kier alpha value is -4.31. The number of aromatic amines is 1. The van der Waals surface area contributed by atoms with Gasteiger partial charge in [0.1, 0.15) is 17.3 Å². The normalized spacial score (nSPS) is 10.5. The van der Waals surface area contributed by atoms with Crippen LogP contribution in [-0.2, 0) is 6.42 Å². The number of anilines is 2. The molecule has 0 saturated heterocycles. The highest BCUT2D eigenvalue weighted by Gasteiger charge is 2.07. The third-order valence-electron chi connectivity index (χ3n) is 4.68. The third-order valence-corrected chi connectivity index (χ3v) is 4.68. The van der Waals surface area contributed by atoms with Crippen LogP contribution >= 0.6 is 0 Å². The van der Waals surface area contributed by atoms with Crippen LogP contribution in [0, 0.1) is 11.3 Å². The lowest BCUT2D eigenvalue weighted by molar-refractivity contribution is 0.102. The molecule has 0 spiro atoms. The number of carbonyl (C=O) groups excluding carboxylic acids is 1. The summed E-state index contributed by atoms with van der Waals surface area (Å²) < 4.78 is 0. The van der Waals surface area contributed by atoms with E-state index in [1.807, 2.05) is 36.4 Å². The molecule has 0 aliphatic heterocycles. The van der Waals surface area contributed by atoms with Crippen molar-refractivity contribution < 1.29 is 9.90 Å². The van der Waals surface area contributed by atoms with Crippen LogP contribution < -0.4 is 10.6 Å². The standard InChI is InChI=1S/C23H19N5O2/c24-14-17-2-1-3-20-21(17)28-23(27-20)25-13-12-15-4-8-18(9-5-15)26-22(30)16-6-10-19(29)11-7-16/h1-11,29H,12-13H2,(H,26,30)(H2,25,27,28). The number of phenolic OH excluding ortho intramolecular Hbond substituents is 1. The van der Waals surface area contributed by atoms with Gasteiger partial charge in [0, 0.05) is 17.8 Å². The van der Waals surface area contributed by atoms with Crippen LogP contribution in [0.3, 0.4) is 0 Å². The van der Waals surface area contributed by atoms with Gasteiger partial charge >= 0.3 is 0 Å². The molecular weight excluding hydrogens is 378 g/mol. The molecular formula is C23H19N5O2. The Kier molecular flexibility index (Phi) is 5.31. The number of phenols is 1. The highest BCUT2D eigenvalue weighted by Crippen LogP contribution is 2.18. The number of nitrogens with one attached hydrogen (secondary N) is 3. The number of aromatic nitrogens is 2. The van der Waals surface area contributed by atoms with Crippen molar-refractivity contribution >= 4 is 28.6 Å². The fourth-order valence-electron chi connectivity index (χ4n) is 3.10. The molecule has 1 amide bonds. The average Bonchev–Trinajstić information content (AvgIpc) is 3.18. The highest BCUT2D eigenvalue weighted by atomic mass is 16.3. The number of rotatable bonds is 6. The average molecular weight is 397 g/mol. The van der Waals surface area contributed by atoms with Crippen molar-refractivity contribution in [1.82, 2.24) is 9.97 Å². The van der Waals surface area contributed by atoms with Gasteiger partial charge in [0.15, 0.2) is 0 Å². The lowest BCUT2D eigenvalue weighted by Crippen LogP contribution is -2.11. The molecule has 30 heavy (non-hydrogen) atoms. The van der Waals surface area contributed by atoms with E-state index in [0.29, 0.717) is 34.8 Å². The number of H-pyrrole nitrogens is 1. The van der Waals surface area contributed by atoms with E-state index >= 15 is 0 Å². The smallest absolute Gasteiger partial charge is 0.255 e. The molecule has 0 unspecified atom stereocenters. The van der Waals surface area contributed by atoms with Gasteiger partial charge in [-0.1, -0.05) is 18.2 Å². The zero-order valence-electron chi connectivity index (χ0n) is 16.0. The minimum Gasteiger partial charge on any atom is -0.508 e. The number of fused-ring (bicyclic) bond motifs is 1. The van der Waals surface area contributed by atoms with E-state index in [-0.39, 0.29) is 11.7 Å². The number of nitriles is 1. The van der Waals surface area contributed by atoms with Crippen LogP contribution in [0.4, 0.5) is 11.6 Å². The lowest BCUT2D eigenvalue weighted by Gasteiger charge is -2.07. The Balaban J connectivity index is 1.32. The molecule has 0 atom stereocenters. The number of para-hydroxylation sites is 1. The number of benzene rings is 3. The summed E-state index contributed by atoms with van der Waals surface area (Å²) in [5.74, 6) is 0.522. The van der Waals surface area contributed by atoms with Gasteiger partial charge in [-0.25, -0.2) is 4.98 Å². The Morgan fingerprint density at radius 3 is 2.57 bits per heavy atom.